The zero-order valence-corrected chi connectivity index (χ0v) is 19.9. The standard InChI is InChI=1S/C24H27N3O3S2/c1-24(2,30)18-11-7-10-17(14-18)21(28)25-19(12-13-31-3)22(29)27-23-26-20(15-32-23)16-8-5-4-6-9-16/h4-11,14-15,19,30H,12-13H2,1-3H3,(H,25,28)(H,26,27,29)/t19-/m0/s1. The van der Waals surface area contributed by atoms with Crippen LogP contribution in [-0.4, -0.2) is 40.0 Å². The van der Waals surface area contributed by atoms with Gasteiger partial charge in [-0.15, -0.1) is 11.3 Å². The third kappa shape index (κ3) is 6.41. The zero-order valence-electron chi connectivity index (χ0n) is 18.3. The lowest BCUT2D eigenvalue weighted by Gasteiger charge is -2.20. The fourth-order valence-corrected chi connectivity index (χ4v) is 4.25. The molecule has 3 N–H and O–H groups in total. The third-order valence-corrected chi connectivity index (χ3v) is 6.27. The Hall–Kier alpha value is -2.68. The number of nitrogens with zero attached hydrogens (tertiary/aromatic N) is 1. The van der Waals surface area contributed by atoms with E-state index >= 15 is 0 Å². The second-order valence-corrected chi connectivity index (χ2v) is 9.68. The molecular weight excluding hydrogens is 442 g/mol. The maximum atomic E-state index is 12.9. The van der Waals surface area contributed by atoms with Crippen LogP contribution in [0.25, 0.3) is 11.3 Å². The van der Waals surface area contributed by atoms with Crippen LogP contribution in [0, 0.1) is 0 Å². The van der Waals surface area contributed by atoms with Crippen LogP contribution in [0.2, 0.25) is 0 Å². The van der Waals surface area contributed by atoms with Gasteiger partial charge in [0.2, 0.25) is 5.91 Å². The fraction of sp³-hybridized carbons (Fsp3) is 0.292. The number of carbonyl (C=O) groups excluding carboxylic acids is 2. The van der Waals surface area contributed by atoms with E-state index in [1.54, 1.807) is 49.9 Å². The summed E-state index contributed by atoms with van der Waals surface area (Å²) in [7, 11) is 0. The Bertz CT molecular complexity index is 1060. The topological polar surface area (TPSA) is 91.3 Å². The minimum Gasteiger partial charge on any atom is -0.386 e. The summed E-state index contributed by atoms with van der Waals surface area (Å²) in [4.78, 5) is 30.3. The molecule has 0 fully saturated rings. The molecule has 1 heterocycles. The van der Waals surface area contributed by atoms with E-state index in [-0.39, 0.29) is 11.8 Å². The number of carbonyl (C=O) groups is 2. The second kappa shape index (κ2) is 10.8. The molecule has 1 aromatic heterocycles. The number of rotatable bonds is 9. The molecule has 0 radical (unpaired) electrons. The van der Waals surface area contributed by atoms with Crippen LogP contribution in [0.15, 0.2) is 60.0 Å². The highest BCUT2D eigenvalue weighted by Crippen LogP contribution is 2.25. The first-order valence-electron chi connectivity index (χ1n) is 10.2. The van der Waals surface area contributed by atoms with Crippen molar-refractivity contribution in [1.29, 1.82) is 0 Å². The van der Waals surface area contributed by atoms with Crippen LogP contribution >= 0.6 is 23.1 Å². The summed E-state index contributed by atoms with van der Waals surface area (Å²) >= 11 is 2.95. The molecule has 1 atom stereocenters. The van der Waals surface area contributed by atoms with E-state index in [0.29, 0.717) is 22.7 Å². The van der Waals surface area contributed by atoms with Gasteiger partial charge in [0.1, 0.15) is 6.04 Å². The first-order valence-corrected chi connectivity index (χ1v) is 12.5. The van der Waals surface area contributed by atoms with Crippen LogP contribution in [-0.2, 0) is 10.4 Å². The first-order chi connectivity index (χ1) is 15.3. The molecule has 8 heteroatoms. The second-order valence-electron chi connectivity index (χ2n) is 7.84. The summed E-state index contributed by atoms with van der Waals surface area (Å²) in [6.45, 7) is 3.33. The van der Waals surface area contributed by atoms with Crippen molar-refractivity contribution in [2.24, 2.45) is 0 Å². The molecule has 0 aliphatic carbocycles. The summed E-state index contributed by atoms with van der Waals surface area (Å²) < 4.78 is 0. The number of amides is 2. The minimum atomic E-state index is -1.06. The maximum Gasteiger partial charge on any atom is 0.251 e. The van der Waals surface area contributed by atoms with Gasteiger partial charge < -0.3 is 15.7 Å². The predicted octanol–water partition coefficient (Wildman–Crippen LogP) is 4.53. The van der Waals surface area contributed by atoms with E-state index in [4.69, 9.17) is 0 Å². The molecule has 0 saturated carbocycles. The van der Waals surface area contributed by atoms with Gasteiger partial charge in [-0.05, 0) is 50.0 Å². The van der Waals surface area contributed by atoms with Crippen LogP contribution in [0.3, 0.4) is 0 Å². The van der Waals surface area contributed by atoms with Gasteiger partial charge in [-0.25, -0.2) is 4.98 Å². The Morgan fingerprint density at radius 3 is 2.59 bits per heavy atom. The first kappa shape index (κ1) is 24.0. The van der Waals surface area contributed by atoms with Crippen molar-refractivity contribution in [3.05, 3.63) is 71.1 Å². The number of thiazole rings is 1. The molecule has 0 aliphatic heterocycles. The Morgan fingerprint density at radius 1 is 1.16 bits per heavy atom. The highest BCUT2D eigenvalue weighted by molar-refractivity contribution is 7.98. The Labute approximate surface area is 196 Å². The van der Waals surface area contributed by atoms with E-state index in [1.807, 2.05) is 42.0 Å². The average molecular weight is 470 g/mol. The lowest BCUT2D eigenvalue weighted by Crippen LogP contribution is -2.44. The summed E-state index contributed by atoms with van der Waals surface area (Å²) in [5.41, 5.74) is 1.73. The predicted molar refractivity (Wildman–Crippen MR) is 132 cm³/mol. The van der Waals surface area contributed by atoms with Gasteiger partial charge in [0.05, 0.1) is 11.3 Å². The quantitative estimate of drug-likeness (QED) is 0.428. The van der Waals surface area contributed by atoms with E-state index in [0.717, 1.165) is 17.0 Å². The van der Waals surface area contributed by atoms with Gasteiger partial charge in [0, 0.05) is 16.5 Å². The molecule has 3 aromatic rings. The Kier molecular flexibility index (Phi) is 8.06. The van der Waals surface area contributed by atoms with Crippen molar-refractivity contribution in [3.63, 3.8) is 0 Å². The smallest absolute Gasteiger partial charge is 0.251 e. The minimum absolute atomic E-state index is 0.306. The molecule has 3 rings (SSSR count). The Morgan fingerprint density at radius 2 is 1.91 bits per heavy atom. The molecule has 6 nitrogen and oxygen atoms in total. The normalized spacial score (nSPS) is 12.2. The monoisotopic (exact) mass is 469 g/mol. The largest absolute Gasteiger partial charge is 0.386 e. The molecule has 0 aliphatic rings. The van der Waals surface area contributed by atoms with Crippen LogP contribution in [0.5, 0.6) is 0 Å². The number of hydrogen-bond donors (Lipinski definition) is 3. The molecule has 0 spiro atoms. The van der Waals surface area contributed by atoms with Crippen molar-refractivity contribution in [2.75, 3.05) is 17.3 Å². The van der Waals surface area contributed by atoms with Crippen molar-refractivity contribution < 1.29 is 14.7 Å². The Balaban J connectivity index is 1.71. The van der Waals surface area contributed by atoms with Gasteiger partial charge in [-0.2, -0.15) is 11.8 Å². The van der Waals surface area contributed by atoms with Crippen molar-refractivity contribution >= 4 is 40.0 Å². The molecular formula is C24H27N3O3S2. The van der Waals surface area contributed by atoms with Gasteiger partial charge in [0.15, 0.2) is 5.13 Å². The van der Waals surface area contributed by atoms with E-state index in [2.05, 4.69) is 15.6 Å². The van der Waals surface area contributed by atoms with Crippen LogP contribution < -0.4 is 10.6 Å². The van der Waals surface area contributed by atoms with E-state index in [1.165, 1.54) is 11.3 Å². The van der Waals surface area contributed by atoms with Crippen molar-refractivity contribution in [1.82, 2.24) is 10.3 Å². The molecule has 2 amide bonds. The third-order valence-electron chi connectivity index (χ3n) is 4.87. The van der Waals surface area contributed by atoms with Crippen molar-refractivity contribution in [3.8, 4) is 11.3 Å². The van der Waals surface area contributed by atoms with Gasteiger partial charge in [0.25, 0.3) is 5.91 Å². The molecule has 168 valence electrons. The summed E-state index contributed by atoms with van der Waals surface area (Å²) in [5, 5.41) is 18.3. The number of aliphatic hydroxyl groups is 1. The van der Waals surface area contributed by atoms with Gasteiger partial charge >= 0.3 is 0 Å². The number of anilines is 1. The molecule has 32 heavy (non-hydrogen) atoms. The highest BCUT2D eigenvalue weighted by Gasteiger charge is 2.23. The zero-order chi connectivity index (χ0) is 23.1. The molecule has 2 aromatic carbocycles. The number of nitrogens with one attached hydrogen (secondary N) is 2. The number of hydrogen-bond acceptors (Lipinski definition) is 6. The number of benzene rings is 2. The molecule has 0 saturated heterocycles. The van der Waals surface area contributed by atoms with Crippen LogP contribution in [0.4, 0.5) is 5.13 Å². The summed E-state index contributed by atoms with van der Waals surface area (Å²) in [5.74, 6) is 0.0522. The molecule has 0 bridgehead atoms. The van der Waals surface area contributed by atoms with Crippen LogP contribution in [0.1, 0.15) is 36.2 Å². The SMILES string of the molecule is CSCC[C@H](NC(=O)c1cccc(C(C)(C)O)c1)C(=O)Nc1nc(-c2ccccc2)cs1. The van der Waals surface area contributed by atoms with E-state index in [9.17, 15) is 14.7 Å². The highest BCUT2D eigenvalue weighted by atomic mass is 32.2. The summed E-state index contributed by atoms with van der Waals surface area (Å²) in [6, 6.07) is 15.8. The van der Waals surface area contributed by atoms with Gasteiger partial charge in [-0.3, -0.25) is 9.59 Å². The fourth-order valence-electron chi connectivity index (χ4n) is 3.05. The molecule has 0 unspecified atom stereocenters. The van der Waals surface area contributed by atoms with Crippen molar-refractivity contribution in [2.45, 2.75) is 31.9 Å². The lowest BCUT2D eigenvalue weighted by atomic mass is 9.96. The van der Waals surface area contributed by atoms with E-state index < -0.39 is 11.6 Å². The van der Waals surface area contributed by atoms with Gasteiger partial charge in [-0.1, -0.05) is 42.5 Å². The summed E-state index contributed by atoms with van der Waals surface area (Å²) in [6.07, 6.45) is 2.44. The average Bonchev–Trinajstić information content (AvgIpc) is 3.25. The number of aromatic nitrogens is 1. The lowest BCUT2D eigenvalue weighted by molar-refractivity contribution is -0.118. The maximum absolute atomic E-state index is 12.9. The number of thioether (sulfide) groups is 1.